The molecule has 0 unspecified atom stereocenters. The van der Waals surface area contributed by atoms with E-state index in [9.17, 15) is 14.7 Å². The van der Waals surface area contributed by atoms with E-state index in [4.69, 9.17) is 14.3 Å². The molecule has 130 valence electrons. The van der Waals surface area contributed by atoms with Crippen LogP contribution in [0.3, 0.4) is 0 Å². The summed E-state index contributed by atoms with van der Waals surface area (Å²) in [6.07, 6.45) is 0. The molecule has 2 N–H and O–H groups in total. The van der Waals surface area contributed by atoms with Gasteiger partial charge in [-0.3, -0.25) is 0 Å². The van der Waals surface area contributed by atoms with Gasteiger partial charge in [0.15, 0.2) is 11.5 Å². The number of esters is 1. The van der Waals surface area contributed by atoms with Crippen molar-refractivity contribution >= 4 is 16.9 Å². The Morgan fingerprint density at radius 2 is 1.76 bits per heavy atom. The maximum Gasteiger partial charge on any atom is 0.337 e. The van der Waals surface area contributed by atoms with Crippen LogP contribution in [-0.4, -0.2) is 30.4 Å². The zero-order valence-corrected chi connectivity index (χ0v) is 13.6. The second-order valence-electron chi connectivity index (χ2n) is 4.85. The summed E-state index contributed by atoms with van der Waals surface area (Å²) in [6, 6.07) is 11.8. The van der Waals surface area contributed by atoms with Gasteiger partial charge >= 0.3 is 11.6 Å². The van der Waals surface area contributed by atoms with Crippen LogP contribution in [0.2, 0.25) is 0 Å². The van der Waals surface area contributed by atoms with E-state index >= 15 is 0 Å². The minimum Gasteiger partial charge on any atom is -0.508 e. The molecule has 7 nitrogen and oxygen atoms in total. The molecule has 7 heteroatoms. The van der Waals surface area contributed by atoms with Crippen molar-refractivity contribution in [3.63, 3.8) is 0 Å². The third-order valence-electron chi connectivity index (χ3n) is 3.20. The van der Waals surface area contributed by atoms with Crippen LogP contribution in [0.5, 0.6) is 17.2 Å². The Bertz CT molecular complexity index is 944. The van der Waals surface area contributed by atoms with Crippen LogP contribution in [0.25, 0.3) is 11.0 Å². The van der Waals surface area contributed by atoms with E-state index in [0.29, 0.717) is 11.1 Å². The molecule has 0 saturated carbocycles. The largest absolute Gasteiger partial charge is 0.508 e. The van der Waals surface area contributed by atoms with Crippen LogP contribution in [0.15, 0.2) is 57.7 Å². The SMILES string of the molecule is COC(=O)c1ccc(O)c(OC)c1.O=c1ccc2cc(O)ccc2o1. The first kappa shape index (κ1) is 17.9. The molecule has 0 aliphatic carbocycles. The van der Waals surface area contributed by atoms with Crippen LogP contribution in [0, 0.1) is 0 Å². The third kappa shape index (κ3) is 4.51. The molecule has 0 fully saturated rings. The number of carbonyl (C=O) groups is 1. The number of hydrogen-bond donors (Lipinski definition) is 2. The van der Waals surface area contributed by atoms with Crippen LogP contribution >= 0.6 is 0 Å². The minimum atomic E-state index is -0.460. The molecule has 2 aromatic carbocycles. The Morgan fingerprint density at radius 1 is 1.00 bits per heavy atom. The lowest BCUT2D eigenvalue weighted by molar-refractivity contribution is 0.0600. The summed E-state index contributed by atoms with van der Waals surface area (Å²) in [5.41, 5.74) is 0.450. The Kier molecular flexibility index (Phi) is 5.62. The zero-order chi connectivity index (χ0) is 18.4. The Labute approximate surface area is 142 Å². The lowest BCUT2D eigenvalue weighted by Gasteiger charge is -2.04. The number of phenolic OH excluding ortho intramolecular Hbond substituents is 2. The molecule has 3 rings (SSSR count). The van der Waals surface area contributed by atoms with E-state index in [0.717, 1.165) is 5.39 Å². The molecule has 0 aliphatic heterocycles. The smallest absolute Gasteiger partial charge is 0.337 e. The molecular weight excluding hydrogens is 328 g/mol. The van der Waals surface area contributed by atoms with E-state index in [1.54, 1.807) is 12.1 Å². The number of aromatic hydroxyl groups is 2. The van der Waals surface area contributed by atoms with Gasteiger partial charge in [-0.2, -0.15) is 0 Å². The van der Waals surface area contributed by atoms with E-state index in [1.807, 2.05) is 0 Å². The highest BCUT2D eigenvalue weighted by atomic mass is 16.5. The Morgan fingerprint density at radius 3 is 2.44 bits per heavy atom. The van der Waals surface area contributed by atoms with Crippen molar-refractivity contribution in [1.29, 1.82) is 0 Å². The third-order valence-corrected chi connectivity index (χ3v) is 3.20. The van der Waals surface area contributed by atoms with Crippen molar-refractivity contribution in [1.82, 2.24) is 0 Å². The van der Waals surface area contributed by atoms with Crippen molar-refractivity contribution in [2.75, 3.05) is 14.2 Å². The van der Waals surface area contributed by atoms with E-state index < -0.39 is 5.97 Å². The molecule has 1 aromatic heterocycles. The van der Waals surface area contributed by atoms with Crippen molar-refractivity contribution in [3.05, 3.63) is 64.5 Å². The molecule has 0 amide bonds. The topological polar surface area (TPSA) is 106 Å². The van der Waals surface area contributed by atoms with Crippen LogP contribution in [-0.2, 0) is 4.74 Å². The summed E-state index contributed by atoms with van der Waals surface area (Å²) in [4.78, 5) is 21.8. The number of benzene rings is 2. The van der Waals surface area contributed by atoms with Gasteiger partial charge in [-0.05, 0) is 42.5 Å². The summed E-state index contributed by atoms with van der Waals surface area (Å²) in [5, 5.41) is 19.0. The fraction of sp³-hybridized carbons (Fsp3) is 0.111. The maximum absolute atomic E-state index is 11.0. The van der Waals surface area contributed by atoms with Crippen molar-refractivity contribution in [2.24, 2.45) is 0 Å². The van der Waals surface area contributed by atoms with Gasteiger partial charge in [-0.1, -0.05) is 0 Å². The van der Waals surface area contributed by atoms with Crippen LogP contribution in [0.4, 0.5) is 0 Å². The molecule has 0 aliphatic rings. The first-order valence-electron chi connectivity index (χ1n) is 7.13. The van der Waals surface area contributed by atoms with Gasteiger partial charge in [0.05, 0.1) is 19.8 Å². The summed E-state index contributed by atoms with van der Waals surface area (Å²) in [5.74, 6) is -0.0484. The highest BCUT2D eigenvalue weighted by molar-refractivity contribution is 5.90. The molecule has 0 saturated heterocycles. The van der Waals surface area contributed by atoms with Gasteiger partial charge in [0, 0.05) is 11.5 Å². The standard InChI is InChI=1S/C9H10O4.C9H6O3/c1-12-8-5-6(9(11)13-2)3-4-7(8)10;10-7-2-3-8-6(5-7)1-4-9(11)12-8/h3-5,10H,1-2H3;1-5,10H. The minimum absolute atomic E-state index is 0.00449. The quantitative estimate of drug-likeness (QED) is 0.544. The molecule has 0 atom stereocenters. The van der Waals surface area contributed by atoms with Gasteiger partial charge in [0.25, 0.3) is 0 Å². The number of hydrogen-bond acceptors (Lipinski definition) is 7. The predicted octanol–water partition coefficient (Wildman–Crippen LogP) is 2.69. The zero-order valence-electron chi connectivity index (χ0n) is 13.6. The van der Waals surface area contributed by atoms with Gasteiger partial charge < -0.3 is 24.1 Å². The monoisotopic (exact) mass is 344 g/mol. The van der Waals surface area contributed by atoms with E-state index in [-0.39, 0.29) is 22.9 Å². The second-order valence-corrected chi connectivity index (χ2v) is 4.85. The number of methoxy groups -OCH3 is 2. The molecule has 0 bridgehead atoms. The highest BCUT2D eigenvalue weighted by Gasteiger charge is 2.08. The number of rotatable bonds is 2. The second kappa shape index (κ2) is 7.87. The Hall–Kier alpha value is -3.48. The lowest BCUT2D eigenvalue weighted by atomic mass is 10.2. The molecule has 25 heavy (non-hydrogen) atoms. The van der Waals surface area contributed by atoms with Crippen molar-refractivity contribution < 1.29 is 28.9 Å². The van der Waals surface area contributed by atoms with Gasteiger partial charge in [-0.15, -0.1) is 0 Å². The number of fused-ring (bicyclic) bond motifs is 1. The fourth-order valence-electron chi connectivity index (χ4n) is 1.98. The van der Waals surface area contributed by atoms with Crippen LogP contribution < -0.4 is 10.4 Å². The first-order chi connectivity index (χ1) is 11.9. The van der Waals surface area contributed by atoms with E-state index in [2.05, 4.69) is 4.74 Å². The number of phenols is 2. The number of carbonyl (C=O) groups excluding carboxylic acids is 1. The summed E-state index contributed by atoms with van der Waals surface area (Å²) in [7, 11) is 2.71. The fourth-order valence-corrected chi connectivity index (χ4v) is 1.98. The molecule has 0 radical (unpaired) electrons. The lowest BCUT2D eigenvalue weighted by Crippen LogP contribution is -2.01. The maximum atomic E-state index is 11.0. The normalized spacial score (nSPS) is 9.84. The van der Waals surface area contributed by atoms with Crippen molar-refractivity contribution in [2.45, 2.75) is 0 Å². The molecular formula is C18H16O7. The summed E-state index contributed by atoms with van der Waals surface area (Å²) >= 11 is 0. The van der Waals surface area contributed by atoms with Gasteiger partial charge in [0.1, 0.15) is 11.3 Å². The number of ether oxygens (including phenoxy) is 2. The van der Waals surface area contributed by atoms with Gasteiger partial charge in [-0.25, -0.2) is 9.59 Å². The van der Waals surface area contributed by atoms with E-state index in [1.165, 1.54) is 50.6 Å². The van der Waals surface area contributed by atoms with Gasteiger partial charge in [0.2, 0.25) is 0 Å². The average Bonchev–Trinajstić information content (AvgIpc) is 2.62. The summed E-state index contributed by atoms with van der Waals surface area (Å²) in [6.45, 7) is 0. The average molecular weight is 344 g/mol. The highest BCUT2D eigenvalue weighted by Crippen LogP contribution is 2.26. The Balaban J connectivity index is 0.000000181. The van der Waals surface area contributed by atoms with Crippen molar-refractivity contribution in [3.8, 4) is 17.2 Å². The molecule has 0 spiro atoms. The molecule has 3 aromatic rings. The molecule has 1 heterocycles. The van der Waals surface area contributed by atoms with Crippen LogP contribution in [0.1, 0.15) is 10.4 Å². The summed E-state index contributed by atoms with van der Waals surface area (Å²) < 4.78 is 14.2. The predicted molar refractivity (Wildman–Crippen MR) is 90.1 cm³/mol. The first-order valence-corrected chi connectivity index (χ1v) is 7.13.